The van der Waals surface area contributed by atoms with Gasteiger partial charge in [0.1, 0.15) is 5.82 Å². The van der Waals surface area contributed by atoms with Crippen molar-refractivity contribution in [3.63, 3.8) is 0 Å². The Labute approximate surface area is 255 Å². The number of anilines is 1. The number of benzene rings is 3. The molecule has 5 aromatic rings. The van der Waals surface area contributed by atoms with E-state index in [4.69, 9.17) is 0 Å². The maximum atomic E-state index is 14.1. The number of hydrogen-bond donors (Lipinski definition) is 2. The molecule has 0 fully saturated rings. The van der Waals surface area contributed by atoms with Crippen molar-refractivity contribution in [1.82, 2.24) is 9.13 Å². The van der Waals surface area contributed by atoms with Crippen LogP contribution in [0.3, 0.4) is 0 Å². The van der Waals surface area contributed by atoms with E-state index >= 15 is 0 Å². The molecule has 1 atom stereocenters. The Hall–Kier alpha value is -5.35. The van der Waals surface area contributed by atoms with Crippen LogP contribution in [-0.2, 0) is 4.79 Å². The van der Waals surface area contributed by atoms with Gasteiger partial charge in [-0.3, -0.25) is 14.2 Å². The maximum Gasteiger partial charge on any atom is 0.335 e. The average Bonchev–Trinajstić information content (AvgIpc) is 3.46. The van der Waals surface area contributed by atoms with Crippen LogP contribution in [0.1, 0.15) is 45.8 Å². The zero-order valence-electron chi connectivity index (χ0n) is 24.0. The highest BCUT2D eigenvalue weighted by molar-refractivity contribution is 7.07. The molecule has 6 rings (SSSR count). The van der Waals surface area contributed by atoms with Crippen LogP contribution in [0.2, 0.25) is 0 Å². The van der Waals surface area contributed by atoms with E-state index < -0.39 is 23.7 Å². The van der Waals surface area contributed by atoms with E-state index in [1.165, 1.54) is 28.0 Å². The van der Waals surface area contributed by atoms with Gasteiger partial charge in [-0.25, -0.2) is 14.2 Å². The lowest BCUT2D eigenvalue weighted by atomic mass is 9.95. The minimum atomic E-state index is -0.997. The van der Waals surface area contributed by atoms with Gasteiger partial charge in [-0.1, -0.05) is 41.7 Å². The number of hydrogen-bond acceptors (Lipinski definition) is 5. The molecule has 0 saturated heterocycles. The number of halogens is 1. The molecule has 0 radical (unpaired) electrons. The minimum absolute atomic E-state index is 0.195. The molecular formula is C34H27FN4O4S. The first kappa shape index (κ1) is 28.8. The molecule has 8 nitrogen and oxygen atoms in total. The topological polar surface area (TPSA) is 106 Å². The van der Waals surface area contributed by atoms with E-state index in [2.05, 4.69) is 10.3 Å². The molecule has 220 valence electrons. The normalized spacial score (nSPS) is 14.7. The SMILES string of the molecule is CC1=C(C(=O)Nc2ccccc2)C(c2ccc(F)cc2)n2c(s/c(=C\c3cc(C)n(-c4ccc(C(=O)O)cc4)c3C)c2=O)=N1. The number of carboxylic acid groups (broad SMARTS) is 1. The number of carbonyl (C=O) groups is 2. The first-order chi connectivity index (χ1) is 21.1. The second-order valence-electron chi connectivity index (χ2n) is 10.5. The van der Waals surface area contributed by atoms with E-state index in [-0.39, 0.29) is 11.1 Å². The maximum absolute atomic E-state index is 14.1. The van der Waals surface area contributed by atoms with Gasteiger partial charge in [0.15, 0.2) is 4.80 Å². The number of amides is 1. The predicted molar refractivity (Wildman–Crippen MR) is 167 cm³/mol. The number of fused-ring (bicyclic) bond motifs is 1. The summed E-state index contributed by atoms with van der Waals surface area (Å²) in [6.07, 6.45) is 1.80. The van der Waals surface area contributed by atoms with E-state index in [0.717, 1.165) is 22.6 Å². The number of para-hydroxylation sites is 1. The molecule has 0 bridgehead atoms. The summed E-state index contributed by atoms with van der Waals surface area (Å²) in [7, 11) is 0. The Morgan fingerprint density at radius 3 is 2.32 bits per heavy atom. The van der Waals surface area contributed by atoms with Gasteiger partial charge in [0.2, 0.25) is 0 Å². The van der Waals surface area contributed by atoms with Crippen LogP contribution in [0.25, 0.3) is 11.8 Å². The number of carboxylic acids is 1. The van der Waals surface area contributed by atoms with Gasteiger partial charge in [0, 0.05) is 22.8 Å². The predicted octanol–water partition coefficient (Wildman–Crippen LogP) is 5.12. The summed E-state index contributed by atoms with van der Waals surface area (Å²) in [5.41, 5.74) is 5.19. The van der Waals surface area contributed by atoms with Crippen molar-refractivity contribution in [3.8, 4) is 5.69 Å². The monoisotopic (exact) mass is 606 g/mol. The molecule has 44 heavy (non-hydrogen) atoms. The van der Waals surface area contributed by atoms with Crippen LogP contribution in [0.5, 0.6) is 0 Å². The number of nitrogens with zero attached hydrogens (tertiary/aromatic N) is 3. The summed E-state index contributed by atoms with van der Waals surface area (Å²) in [6, 6.07) is 22.5. The first-order valence-corrected chi connectivity index (χ1v) is 14.6. The number of nitrogens with one attached hydrogen (secondary N) is 1. The molecule has 2 N–H and O–H groups in total. The highest BCUT2D eigenvalue weighted by Crippen LogP contribution is 2.31. The number of allylic oxidation sites excluding steroid dienone is 1. The molecule has 2 aromatic heterocycles. The summed E-state index contributed by atoms with van der Waals surface area (Å²) in [5, 5.41) is 12.2. The van der Waals surface area contributed by atoms with Crippen molar-refractivity contribution < 1.29 is 19.1 Å². The van der Waals surface area contributed by atoms with Gasteiger partial charge in [-0.15, -0.1) is 0 Å². The fourth-order valence-corrected chi connectivity index (χ4v) is 6.56. The number of carbonyl (C=O) groups excluding carboxylic acids is 1. The lowest BCUT2D eigenvalue weighted by Gasteiger charge is -2.25. The summed E-state index contributed by atoms with van der Waals surface area (Å²) in [4.78, 5) is 44.1. The van der Waals surface area contributed by atoms with Gasteiger partial charge < -0.3 is 15.0 Å². The van der Waals surface area contributed by atoms with Crippen LogP contribution >= 0.6 is 11.3 Å². The smallest absolute Gasteiger partial charge is 0.335 e. The average molecular weight is 607 g/mol. The van der Waals surface area contributed by atoms with E-state index in [1.807, 2.05) is 42.7 Å². The van der Waals surface area contributed by atoms with E-state index in [1.54, 1.807) is 61.5 Å². The lowest BCUT2D eigenvalue weighted by Crippen LogP contribution is -2.40. The van der Waals surface area contributed by atoms with Gasteiger partial charge in [0.05, 0.1) is 27.4 Å². The number of aryl methyl sites for hydroxylation is 1. The quantitative estimate of drug-likeness (QED) is 0.280. The molecule has 0 spiro atoms. The molecule has 1 amide bonds. The largest absolute Gasteiger partial charge is 0.478 e. The molecule has 1 aliphatic rings. The molecule has 1 aliphatic heterocycles. The van der Waals surface area contributed by atoms with Crippen molar-refractivity contribution >= 4 is 35.0 Å². The van der Waals surface area contributed by atoms with Crippen molar-refractivity contribution in [2.75, 3.05) is 5.32 Å². The fourth-order valence-electron chi connectivity index (χ4n) is 5.52. The van der Waals surface area contributed by atoms with E-state index in [0.29, 0.717) is 31.9 Å². The second-order valence-corrected chi connectivity index (χ2v) is 11.5. The number of rotatable bonds is 6. The zero-order valence-corrected chi connectivity index (χ0v) is 24.9. The highest BCUT2D eigenvalue weighted by Gasteiger charge is 2.32. The van der Waals surface area contributed by atoms with Gasteiger partial charge in [-0.2, -0.15) is 0 Å². The number of thiazole rings is 1. The van der Waals surface area contributed by atoms with Gasteiger partial charge in [-0.05, 0) is 92.6 Å². The Bertz CT molecular complexity index is 2140. The number of aromatic nitrogens is 2. The highest BCUT2D eigenvalue weighted by atomic mass is 32.1. The molecule has 3 aromatic carbocycles. The molecule has 10 heteroatoms. The zero-order chi connectivity index (χ0) is 31.1. The van der Waals surface area contributed by atoms with Crippen molar-refractivity contribution in [2.45, 2.75) is 26.8 Å². The van der Waals surface area contributed by atoms with Gasteiger partial charge >= 0.3 is 5.97 Å². The summed E-state index contributed by atoms with van der Waals surface area (Å²) < 4.78 is 17.9. The van der Waals surface area contributed by atoms with Gasteiger partial charge in [0.25, 0.3) is 11.5 Å². The Morgan fingerprint density at radius 2 is 1.66 bits per heavy atom. The first-order valence-electron chi connectivity index (χ1n) is 13.8. The molecule has 1 unspecified atom stereocenters. The summed E-state index contributed by atoms with van der Waals surface area (Å²) in [6.45, 7) is 5.60. The summed E-state index contributed by atoms with van der Waals surface area (Å²) >= 11 is 1.22. The Balaban J connectivity index is 1.46. The standard InChI is InChI=1S/C34H27FN4O4S/c1-19-17-24(21(3)38(19)27-15-11-23(12-16-27)33(42)43)18-28-32(41)39-30(22-9-13-25(35)14-10-22)29(20(2)36-34(39)44-28)31(40)37-26-7-5-4-6-8-26/h4-18,30H,1-3H3,(H,37,40)(H,42,43)/b28-18-. The lowest BCUT2D eigenvalue weighted by molar-refractivity contribution is -0.113. The van der Waals surface area contributed by atoms with E-state index in [9.17, 15) is 23.9 Å². The minimum Gasteiger partial charge on any atom is -0.478 e. The Morgan fingerprint density at radius 1 is 0.977 bits per heavy atom. The third-order valence-corrected chi connectivity index (χ3v) is 8.60. The van der Waals surface area contributed by atoms with Crippen LogP contribution in [-0.4, -0.2) is 26.1 Å². The Kier molecular flexibility index (Phi) is 7.44. The van der Waals surface area contributed by atoms with Crippen LogP contribution < -0.4 is 20.2 Å². The van der Waals surface area contributed by atoms with Crippen LogP contribution in [0.15, 0.2) is 106 Å². The van der Waals surface area contributed by atoms with Crippen LogP contribution in [0.4, 0.5) is 10.1 Å². The van der Waals surface area contributed by atoms with Crippen molar-refractivity contribution in [1.29, 1.82) is 0 Å². The third kappa shape index (κ3) is 5.20. The summed E-state index contributed by atoms with van der Waals surface area (Å²) in [5.74, 6) is -1.83. The van der Waals surface area contributed by atoms with Crippen molar-refractivity contribution in [3.05, 3.63) is 150 Å². The number of aromatic carboxylic acids is 1. The molecular weight excluding hydrogens is 579 g/mol. The molecule has 0 aliphatic carbocycles. The van der Waals surface area contributed by atoms with Crippen LogP contribution in [0, 0.1) is 19.7 Å². The molecule has 0 saturated carbocycles. The third-order valence-electron chi connectivity index (χ3n) is 7.61. The molecule has 3 heterocycles. The second kappa shape index (κ2) is 11.4. The fraction of sp³-hybridized carbons (Fsp3) is 0.118. The van der Waals surface area contributed by atoms with Crippen molar-refractivity contribution in [2.24, 2.45) is 4.99 Å².